The largest absolute Gasteiger partial charge is 0.481 e. The quantitative estimate of drug-likeness (QED) is 0.841. The molecule has 0 amide bonds. The molecule has 100 valence electrons. The lowest BCUT2D eigenvalue weighted by Crippen LogP contribution is -2.18. The fourth-order valence-electron chi connectivity index (χ4n) is 2.20. The Morgan fingerprint density at radius 2 is 2.50 bits per heavy atom. The summed E-state index contributed by atoms with van der Waals surface area (Å²) in [7, 11) is 0. The Labute approximate surface area is 110 Å². The summed E-state index contributed by atoms with van der Waals surface area (Å²) in [6.07, 6.45) is 2.11. The Morgan fingerprint density at radius 3 is 3.11 bits per heavy atom. The van der Waals surface area contributed by atoms with E-state index in [0.717, 1.165) is 30.2 Å². The number of carbonyl (C=O) groups is 1. The second-order valence-corrected chi connectivity index (χ2v) is 5.80. The molecule has 0 aromatic carbocycles. The number of rotatable bonds is 6. The third-order valence-electron chi connectivity index (χ3n) is 3.33. The Hall–Kier alpha value is -1.11. The van der Waals surface area contributed by atoms with Gasteiger partial charge in [-0.25, -0.2) is 4.68 Å². The van der Waals surface area contributed by atoms with Crippen molar-refractivity contribution in [2.75, 3.05) is 11.5 Å². The van der Waals surface area contributed by atoms with Crippen molar-refractivity contribution in [1.82, 2.24) is 20.2 Å². The Balaban J connectivity index is 2.03. The van der Waals surface area contributed by atoms with Crippen LogP contribution < -0.4 is 0 Å². The Bertz CT molecular complexity index is 404. The number of nitrogens with zero attached hydrogens (tertiary/aromatic N) is 4. The van der Waals surface area contributed by atoms with Crippen LogP contribution in [-0.2, 0) is 11.3 Å². The molecule has 6 nitrogen and oxygen atoms in total. The van der Waals surface area contributed by atoms with Gasteiger partial charge in [0.05, 0.1) is 0 Å². The minimum absolute atomic E-state index is 0.0961. The topological polar surface area (TPSA) is 80.9 Å². The normalized spacial score (nSPS) is 21.1. The van der Waals surface area contributed by atoms with E-state index in [9.17, 15) is 4.79 Å². The van der Waals surface area contributed by atoms with E-state index in [1.165, 1.54) is 0 Å². The summed E-state index contributed by atoms with van der Waals surface area (Å²) in [5.41, 5.74) is 0. The number of tetrazole rings is 1. The van der Waals surface area contributed by atoms with Crippen LogP contribution in [0.25, 0.3) is 0 Å². The molecule has 0 aliphatic carbocycles. The zero-order chi connectivity index (χ0) is 13.0. The van der Waals surface area contributed by atoms with Gasteiger partial charge in [-0.05, 0) is 28.5 Å². The van der Waals surface area contributed by atoms with Crippen LogP contribution in [0.3, 0.4) is 0 Å². The molecule has 1 saturated heterocycles. The van der Waals surface area contributed by atoms with E-state index >= 15 is 0 Å². The minimum atomic E-state index is -0.757. The van der Waals surface area contributed by atoms with Gasteiger partial charge in [0.1, 0.15) is 0 Å². The van der Waals surface area contributed by atoms with E-state index < -0.39 is 5.97 Å². The number of hydrogen-bond donors (Lipinski definition) is 1. The maximum atomic E-state index is 10.8. The predicted octanol–water partition coefficient (Wildman–Crippen LogP) is 1.39. The molecule has 0 radical (unpaired) electrons. The predicted molar refractivity (Wildman–Crippen MR) is 68.5 cm³/mol. The number of carboxylic acid groups (broad SMARTS) is 1. The summed E-state index contributed by atoms with van der Waals surface area (Å²) in [5, 5.41) is 20.7. The lowest BCUT2D eigenvalue weighted by atomic mass is 10.0. The number of hydrogen-bond acceptors (Lipinski definition) is 5. The van der Waals surface area contributed by atoms with Gasteiger partial charge in [0.2, 0.25) is 0 Å². The van der Waals surface area contributed by atoms with Gasteiger partial charge in [-0.2, -0.15) is 11.8 Å². The first kappa shape index (κ1) is 13.3. The van der Waals surface area contributed by atoms with Crippen LogP contribution in [0.15, 0.2) is 0 Å². The lowest BCUT2D eigenvalue weighted by molar-refractivity contribution is -0.138. The summed E-state index contributed by atoms with van der Waals surface area (Å²) in [5.74, 6) is 2.91. The van der Waals surface area contributed by atoms with Gasteiger partial charge in [0.25, 0.3) is 0 Å². The molecule has 1 aliphatic heterocycles. The number of aliphatic carboxylic acids is 1. The van der Waals surface area contributed by atoms with Crippen molar-refractivity contribution in [1.29, 1.82) is 0 Å². The fourth-order valence-corrected chi connectivity index (χ4v) is 3.42. The van der Waals surface area contributed by atoms with Crippen molar-refractivity contribution in [3.05, 3.63) is 5.82 Å². The summed E-state index contributed by atoms with van der Waals surface area (Å²) < 4.78 is 1.80. The van der Waals surface area contributed by atoms with Gasteiger partial charge in [-0.15, -0.1) is 5.10 Å². The highest BCUT2D eigenvalue weighted by Crippen LogP contribution is 2.31. The highest BCUT2D eigenvalue weighted by molar-refractivity contribution is 7.99. The third kappa shape index (κ3) is 3.22. The Morgan fingerprint density at radius 1 is 1.67 bits per heavy atom. The maximum absolute atomic E-state index is 10.8. The summed E-state index contributed by atoms with van der Waals surface area (Å²) in [6, 6.07) is 0. The first-order valence-corrected chi connectivity index (χ1v) is 7.41. The van der Waals surface area contributed by atoms with Gasteiger partial charge in [-0.1, -0.05) is 13.3 Å². The van der Waals surface area contributed by atoms with Crippen molar-refractivity contribution in [3.63, 3.8) is 0 Å². The third-order valence-corrected chi connectivity index (χ3v) is 4.49. The zero-order valence-electron chi connectivity index (χ0n) is 10.4. The van der Waals surface area contributed by atoms with Crippen LogP contribution in [0.1, 0.15) is 37.9 Å². The van der Waals surface area contributed by atoms with Crippen LogP contribution in [0.4, 0.5) is 0 Å². The molecule has 7 heteroatoms. The number of aromatic nitrogens is 4. The molecule has 2 rings (SSSR count). The van der Waals surface area contributed by atoms with Gasteiger partial charge in [0.15, 0.2) is 5.82 Å². The fraction of sp³-hybridized carbons (Fsp3) is 0.818. The standard InChI is InChI=1S/C11H18N4O2S/c1-2-8(5-10(16)17)6-15-11(12-13-14-15)9-3-4-18-7-9/h8-9H,2-7H2,1H3,(H,16,17). The van der Waals surface area contributed by atoms with E-state index in [-0.39, 0.29) is 12.3 Å². The van der Waals surface area contributed by atoms with Crippen LogP contribution in [0.2, 0.25) is 0 Å². The summed E-state index contributed by atoms with van der Waals surface area (Å²) >= 11 is 1.92. The minimum Gasteiger partial charge on any atom is -0.481 e. The molecule has 0 spiro atoms. The average Bonchev–Trinajstić information content (AvgIpc) is 2.96. The molecule has 0 bridgehead atoms. The lowest BCUT2D eigenvalue weighted by Gasteiger charge is -2.14. The molecule has 1 aromatic heterocycles. The van der Waals surface area contributed by atoms with Crippen molar-refractivity contribution in [2.24, 2.45) is 5.92 Å². The average molecular weight is 270 g/mol. The molecule has 1 N–H and O–H groups in total. The molecule has 2 atom stereocenters. The van der Waals surface area contributed by atoms with Crippen LogP contribution in [0.5, 0.6) is 0 Å². The monoisotopic (exact) mass is 270 g/mol. The molecule has 1 aromatic rings. The highest BCUT2D eigenvalue weighted by atomic mass is 32.2. The van der Waals surface area contributed by atoms with Gasteiger partial charge >= 0.3 is 5.97 Å². The molecule has 18 heavy (non-hydrogen) atoms. The van der Waals surface area contributed by atoms with E-state index in [4.69, 9.17) is 5.11 Å². The SMILES string of the molecule is CCC(CC(=O)O)Cn1nnnc1C1CCSC1. The van der Waals surface area contributed by atoms with Gasteiger partial charge < -0.3 is 5.11 Å². The summed E-state index contributed by atoms with van der Waals surface area (Å²) in [6.45, 7) is 2.61. The molecule has 1 fully saturated rings. The van der Waals surface area contributed by atoms with Crippen molar-refractivity contribution in [3.8, 4) is 0 Å². The van der Waals surface area contributed by atoms with Crippen molar-refractivity contribution in [2.45, 2.75) is 38.6 Å². The van der Waals surface area contributed by atoms with Gasteiger partial charge in [-0.3, -0.25) is 4.79 Å². The van der Waals surface area contributed by atoms with E-state index in [2.05, 4.69) is 15.5 Å². The Kier molecular flexibility index (Phi) is 4.57. The maximum Gasteiger partial charge on any atom is 0.303 e. The van der Waals surface area contributed by atoms with Crippen LogP contribution in [-0.4, -0.2) is 42.8 Å². The zero-order valence-corrected chi connectivity index (χ0v) is 11.3. The smallest absolute Gasteiger partial charge is 0.303 e. The highest BCUT2D eigenvalue weighted by Gasteiger charge is 2.24. The molecular formula is C11H18N4O2S. The molecule has 2 unspecified atom stereocenters. The second-order valence-electron chi connectivity index (χ2n) is 4.65. The van der Waals surface area contributed by atoms with E-state index in [1.807, 2.05) is 18.7 Å². The first-order valence-electron chi connectivity index (χ1n) is 6.26. The summed E-state index contributed by atoms with van der Waals surface area (Å²) in [4.78, 5) is 10.8. The van der Waals surface area contributed by atoms with E-state index in [0.29, 0.717) is 12.5 Å². The van der Waals surface area contributed by atoms with Gasteiger partial charge in [0, 0.05) is 24.6 Å². The number of thioether (sulfide) groups is 1. The van der Waals surface area contributed by atoms with Crippen LogP contribution in [0, 0.1) is 5.92 Å². The first-order chi connectivity index (χ1) is 8.70. The molecule has 2 heterocycles. The van der Waals surface area contributed by atoms with E-state index in [1.54, 1.807) is 4.68 Å². The molecular weight excluding hydrogens is 252 g/mol. The van der Waals surface area contributed by atoms with Crippen LogP contribution >= 0.6 is 11.8 Å². The second kappa shape index (κ2) is 6.17. The van der Waals surface area contributed by atoms with Crippen molar-refractivity contribution < 1.29 is 9.90 Å². The molecule has 0 saturated carbocycles. The van der Waals surface area contributed by atoms with Crippen molar-refractivity contribution >= 4 is 17.7 Å². The molecule has 1 aliphatic rings. The number of carboxylic acids is 1.